The number of nitrogens with zero attached hydrogens (tertiary/aromatic N) is 4. The third kappa shape index (κ3) is 3.86. The summed E-state index contributed by atoms with van der Waals surface area (Å²) in [7, 11) is -3.56. The number of carbonyl (C=O) groups is 1. The minimum Gasteiger partial charge on any atom is -0.335 e. The Kier molecular flexibility index (Phi) is 5.74. The Morgan fingerprint density at radius 3 is 2.52 bits per heavy atom. The number of sulfonamides is 1. The van der Waals surface area contributed by atoms with Gasteiger partial charge in [0, 0.05) is 43.7 Å². The molecule has 5 rings (SSSR count). The molecule has 0 saturated carbocycles. The molecule has 1 amide bonds. The molecule has 1 aliphatic carbocycles. The molecule has 0 bridgehead atoms. The van der Waals surface area contributed by atoms with Crippen molar-refractivity contribution in [3.63, 3.8) is 0 Å². The maximum atomic E-state index is 13.3. The standard InChI is InChI=1S/C24H28N4O3S2/c1-4-20-25-16(3)21-15(2)22(32-23(21)26-20)24(29)27-10-12-28(13-11-27)33(30,31)19-9-8-17-6-5-7-18(17)14-19/h8-9,14H,4-7,10-13H2,1-3H3. The van der Waals surface area contributed by atoms with Gasteiger partial charge in [-0.25, -0.2) is 18.4 Å². The van der Waals surface area contributed by atoms with E-state index in [-0.39, 0.29) is 5.91 Å². The lowest BCUT2D eigenvalue weighted by Crippen LogP contribution is -2.50. The normalized spacial score (nSPS) is 17.0. The molecule has 2 aromatic heterocycles. The Balaban J connectivity index is 1.33. The first-order valence-electron chi connectivity index (χ1n) is 11.5. The highest BCUT2D eigenvalue weighted by Gasteiger charge is 2.32. The number of piperazine rings is 1. The van der Waals surface area contributed by atoms with Gasteiger partial charge >= 0.3 is 0 Å². The molecule has 0 radical (unpaired) electrons. The van der Waals surface area contributed by atoms with Crippen LogP contribution in [0, 0.1) is 13.8 Å². The van der Waals surface area contributed by atoms with Crippen molar-refractivity contribution >= 4 is 37.5 Å². The highest BCUT2D eigenvalue weighted by molar-refractivity contribution is 7.89. The molecular formula is C24H28N4O3S2. The number of rotatable bonds is 4. The third-order valence-corrected chi connectivity index (χ3v) is 9.83. The number of hydrogen-bond donors (Lipinski definition) is 0. The molecule has 0 atom stereocenters. The highest BCUT2D eigenvalue weighted by Crippen LogP contribution is 2.33. The Hall–Kier alpha value is -2.36. The zero-order valence-electron chi connectivity index (χ0n) is 19.2. The fourth-order valence-electron chi connectivity index (χ4n) is 4.89. The van der Waals surface area contributed by atoms with Crippen LogP contribution in [0.3, 0.4) is 0 Å². The van der Waals surface area contributed by atoms with Crippen LogP contribution in [-0.2, 0) is 29.3 Å². The lowest BCUT2D eigenvalue weighted by atomic mass is 10.1. The van der Waals surface area contributed by atoms with E-state index in [0.717, 1.165) is 58.5 Å². The second-order valence-electron chi connectivity index (χ2n) is 8.80. The lowest BCUT2D eigenvalue weighted by Gasteiger charge is -2.34. The second-order valence-corrected chi connectivity index (χ2v) is 11.7. The molecule has 0 N–H and O–H groups in total. The van der Waals surface area contributed by atoms with Crippen molar-refractivity contribution in [2.75, 3.05) is 26.2 Å². The smallest absolute Gasteiger partial charge is 0.264 e. The van der Waals surface area contributed by atoms with Gasteiger partial charge in [0.05, 0.1) is 9.77 Å². The zero-order valence-corrected chi connectivity index (χ0v) is 20.9. The van der Waals surface area contributed by atoms with Crippen molar-refractivity contribution in [2.24, 2.45) is 0 Å². The fraction of sp³-hybridized carbons (Fsp3) is 0.458. The quantitative estimate of drug-likeness (QED) is 0.566. The molecule has 0 spiro atoms. The van der Waals surface area contributed by atoms with Gasteiger partial charge in [0.1, 0.15) is 10.7 Å². The SMILES string of the molecule is CCc1nc(C)c2c(C)c(C(=O)N3CCN(S(=O)(=O)c4ccc5c(c4)CCC5)CC3)sc2n1. The second kappa shape index (κ2) is 8.45. The van der Waals surface area contributed by atoms with E-state index in [4.69, 9.17) is 0 Å². The van der Waals surface area contributed by atoms with Crippen molar-refractivity contribution < 1.29 is 13.2 Å². The third-order valence-electron chi connectivity index (χ3n) is 6.76. The Morgan fingerprint density at radius 1 is 1.06 bits per heavy atom. The van der Waals surface area contributed by atoms with Crippen molar-refractivity contribution in [3.8, 4) is 0 Å². The first-order chi connectivity index (χ1) is 15.8. The summed E-state index contributed by atoms with van der Waals surface area (Å²) in [6.07, 6.45) is 3.80. The summed E-state index contributed by atoms with van der Waals surface area (Å²) >= 11 is 1.41. The van der Waals surface area contributed by atoms with Gasteiger partial charge in [-0.05, 0) is 61.9 Å². The van der Waals surface area contributed by atoms with E-state index in [1.54, 1.807) is 11.0 Å². The van der Waals surface area contributed by atoms with Gasteiger partial charge in [0.25, 0.3) is 5.91 Å². The predicted molar refractivity (Wildman–Crippen MR) is 129 cm³/mol. The predicted octanol–water partition coefficient (Wildman–Crippen LogP) is 3.51. The molecule has 0 unspecified atom stereocenters. The minimum atomic E-state index is -3.56. The summed E-state index contributed by atoms with van der Waals surface area (Å²) in [5, 5.41) is 0.957. The van der Waals surface area contributed by atoms with E-state index in [0.29, 0.717) is 36.0 Å². The van der Waals surface area contributed by atoms with Crippen molar-refractivity contribution in [2.45, 2.75) is 51.3 Å². The summed E-state index contributed by atoms with van der Waals surface area (Å²) in [5.41, 5.74) is 4.21. The van der Waals surface area contributed by atoms with Crippen molar-refractivity contribution in [1.29, 1.82) is 0 Å². The van der Waals surface area contributed by atoms with Crippen LogP contribution in [0.4, 0.5) is 0 Å². The van der Waals surface area contributed by atoms with Crippen LogP contribution in [0.15, 0.2) is 23.1 Å². The van der Waals surface area contributed by atoms with E-state index in [1.807, 2.05) is 32.9 Å². The number of aryl methyl sites for hydroxylation is 5. The van der Waals surface area contributed by atoms with Gasteiger partial charge in [-0.1, -0.05) is 13.0 Å². The molecule has 1 fully saturated rings. The largest absolute Gasteiger partial charge is 0.335 e. The van der Waals surface area contributed by atoms with Gasteiger partial charge < -0.3 is 4.90 Å². The molecular weight excluding hydrogens is 456 g/mol. The summed E-state index contributed by atoms with van der Waals surface area (Å²) in [4.78, 5) is 26.1. The summed E-state index contributed by atoms with van der Waals surface area (Å²) in [5.74, 6) is 0.730. The Bertz CT molecular complexity index is 1360. The average Bonchev–Trinajstić information content (AvgIpc) is 3.42. The maximum Gasteiger partial charge on any atom is 0.264 e. The Morgan fingerprint density at radius 2 is 1.79 bits per heavy atom. The van der Waals surface area contributed by atoms with E-state index in [1.165, 1.54) is 21.2 Å². The molecule has 7 nitrogen and oxygen atoms in total. The topological polar surface area (TPSA) is 83.5 Å². The number of amides is 1. The van der Waals surface area contributed by atoms with Crippen molar-refractivity contribution in [1.82, 2.24) is 19.2 Å². The molecule has 174 valence electrons. The molecule has 3 aromatic rings. The molecule has 33 heavy (non-hydrogen) atoms. The first kappa shape index (κ1) is 22.4. The monoisotopic (exact) mass is 484 g/mol. The number of carbonyl (C=O) groups excluding carboxylic acids is 1. The molecule has 1 aromatic carbocycles. The van der Waals surface area contributed by atoms with E-state index >= 15 is 0 Å². The lowest BCUT2D eigenvalue weighted by molar-refractivity contribution is 0.0702. The number of hydrogen-bond acceptors (Lipinski definition) is 6. The van der Waals surface area contributed by atoms with Crippen molar-refractivity contribution in [3.05, 3.63) is 51.3 Å². The number of benzene rings is 1. The van der Waals surface area contributed by atoms with E-state index in [2.05, 4.69) is 9.97 Å². The van der Waals surface area contributed by atoms with Gasteiger partial charge in [-0.3, -0.25) is 4.79 Å². The summed E-state index contributed by atoms with van der Waals surface area (Å²) in [6, 6.07) is 5.52. The number of thiophene rings is 1. The van der Waals surface area contributed by atoms with Crippen LogP contribution in [0.1, 0.15) is 51.2 Å². The van der Waals surface area contributed by atoms with Crippen LogP contribution in [-0.4, -0.2) is 59.7 Å². The van der Waals surface area contributed by atoms with Crippen LogP contribution >= 0.6 is 11.3 Å². The number of fused-ring (bicyclic) bond motifs is 2. The van der Waals surface area contributed by atoms with Crippen LogP contribution in [0.25, 0.3) is 10.2 Å². The van der Waals surface area contributed by atoms with Gasteiger partial charge in [0.2, 0.25) is 10.0 Å². The fourth-order valence-corrected chi connectivity index (χ4v) is 7.58. The van der Waals surface area contributed by atoms with Crippen LogP contribution < -0.4 is 0 Å². The van der Waals surface area contributed by atoms with Gasteiger partial charge in [-0.15, -0.1) is 11.3 Å². The molecule has 9 heteroatoms. The molecule has 1 saturated heterocycles. The van der Waals surface area contributed by atoms with Crippen LogP contribution in [0.5, 0.6) is 0 Å². The average molecular weight is 485 g/mol. The summed E-state index contributed by atoms with van der Waals surface area (Å²) < 4.78 is 27.9. The van der Waals surface area contributed by atoms with E-state index in [9.17, 15) is 13.2 Å². The minimum absolute atomic E-state index is 0.0532. The van der Waals surface area contributed by atoms with E-state index < -0.39 is 10.0 Å². The van der Waals surface area contributed by atoms with Gasteiger partial charge in [0.15, 0.2) is 0 Å². The zero-order chi connectivity index (χ0) is 23.3. The maximum absolute atomic E-state index is 13.3. The van der Waals surface area contributed by atoms with Gasteiger partial charge in [-0.2, -0.15) is 4.31 Å². The molecule has 1 aliphatic heterocycles. The molecule has 3 heterocycles. The highest BCUT2D eigenvalue weighted by atomic mass is 32.2. The Labute approximate surface area is 198 Å². The van der Waals surface area contributed by atoms with Crippen LogP contribution in [0.2, 0.25) is 0 Å². The summed E-state index contributed by atoms with van der Waals surface area (Å²) in [6.45, 7) is 7.27. The number of aromatic nitrogens is 2. The molecule has 2 aliphatic rings. The first-order valence-corrected chi connectivity index (χ1v) is 13.7.